The average Bonchev–Trinajstić information content (AvgIpc) is 3.22. The summed E-state index contributed by atoms with van der Waals surface area (Å²) in [6.07, 6.45) is 0.502. The molecule has 2 heterocycles. The van der Waals surface area contributed by atoms with Gasteiger partial charge in [-0.15, -0.1) is 5.10 Å². The third-order valence-corrected chi connectivity index (χ3v) is 3.21. The third-order valence-electron chi connectivity index (χ3n) is 3.21. The van der Waals surface area contributed by atoms with Crippen molar-refractivity contribution in [2.45, 2.75) is 13.1 Å². The van der Waals surface area contributed by atoms with Crippen LogP contribution >= 0.6 is 0 Å². The van der Waals surface area contributed by atoms with Crippen LogP contribution in [0.15, 0.2) is 28.9 Å². The van der Waals surface area contributed by atoms with Crippen LogP contribution in [0.25, 0.3) is 0 Å². The molecule has 0 bridgehead atoms. The number of aromatic carboxylic acids is 1. The lowest BCUT2D eigenvalue weighted by Crippen LogP contribution is -2.15. The molecule has 0 spiro atoms. The van der Waals surface area contributed by atoms with Crippen molar-refractivity contribution in [3.05, 3.63) is 41.3 Å². The minimum atomic E-state index is -1.24. The molecule has 2 N–H and O–H groups in total. The SMILES string of the molecule is COc1ccc(Cc2nnnn2CNc2nonc2C(=O)O)cc1. The number of carboxylic acid groups (broad SMARTS) is 1. The highest BCUT2D eigenvalue weighted by Crippen LogP contribution is 2.14. The van der Waals surface area contributed by atoms with Gasteiger partial charge in [0, 0.05) is 6.42 Å². The minimum Gasteiger partial charge on any atom is -0.497 e. The third kappa shape index (κ3) is 3.29. The number of anilines is 1. The summed E-state index contributed by atoms with van der Waals surface area (Å²) in [6.45, 7) is 0.118. The molecule has 3 rings (SSSR count). The zero-order valence-corrected chi connectivity index (χ0v) is 12.6. The minimum absolute atomic E-state index is 0.00778. The van der Waals surface area contributed by atoms with E-state index in [2.05, 4.69) is 35.8 Å². The smallest absolute Gasteiger partial charge is 0.362 e. The first-order chi connectivity index (χ1) is 11.7. The number of nitrogens with one attached hydrogen (secondary N) is 1. The number of ether oxygens (including phenoxy) is 1. The average molecular weight is 331 g/mol. The van der Waals surface area contributed by atoms with Crippen molar-refractivity contribution in [1.29, 1.82) is 0 Å². The highest BCUT2D eigenvalue weighted by Gasteiger charge is 2.17. The Hall–Kier alpha value is -3.50. The maximum absolute atomic E-state index is 10.9. The lowest BCUT2D eigenvalue weighted by Gasteiger charge is -2.06. The summed E-state index contributed by atoms with van der Waals surface area (Å²) < 4.78 is 11.0. The van der Waals surface area contributed by atoms with Crippen molar-refractivity contribution in [2.24, 2.45) is 0 Å². The van der Waals surface area contributed by atoms with Crippen LogP contribution in [0, 0.1) is 0 Å². The topological polar surface area (TPSA) is 141 Å². The Balaban J connectivity index is 1.68. The van der Waals surface area contributed by atoms with E-state index in [0.29, 0.717) is 12.2 Å². The fourth-order valence-corrected chi connectivity index (χ4v) is 1.99. The Kier molecular flexibility index (Phi) is 4.32. The Morgan fingerprint density at radius 3 is 2.83 bits per heavy atom. The first-order valence-electron chi connectivity index (χ1n) is 6.85. The van der Waals surface area contributed by atoms with Gasteiger partial charge in [-0.1, -0.05) is 12.1 Å². The molecule has 0 amide bonds. The number of aromatic nitrogens is 6. The highest BCUT2D eigenvalue weighted by molar-refractivity contribution is 5.90. The molecule has 3 aromatic rings. The van der Waals surface area contributed by atoms with E-state index >= 15 is 0 Å². The maximum Gasteiger partial charge on any atom is 0.362 e. The molecular formula is C13H13N7O4. The molecule has 0 atom stereocenters. The van der Waals surface area contributed by atoms with Gasteiger partial charge in [0.1, 0.15) is 12.4 Å². The molecule has 0 aliphatic carbocycles. The molecule has 0 radical (unpaired) electrons. The van der Waals surface area contributed by atoms with Crippen molar-refractivity contribution >= 4 is 11.8 Å². The Morgan fingerprint density at radius 1 is 1.33 bits per heavy atom. The Bertz CT molecular complexity index is 827. The molecule has 0 fully saturated rings. The summed E-state index contributed by atoms with van der Waals surface area (Å²) in [5, 5.41) is 30.0. The fourth-order valence-electron chi connectivity index (χ4n) is 1.99. The van der Waals surface area contributed by atoms with E-state index in [1.807, 2.05) is 24.3 Å². The van der Waals surface area contributed by atoms with Crippen LogP contribution in [0.4, 0.5) is 5.82 Å². The number of carboxylic acids is 1. The van der Waals surface area contributed by atoms with Gasteiger partial charge in [-0.2, -0.15) is 0 Å². The van der Waals surface area contributed by atoms with E-state index in [4.69, 9.17) is 9.84 Å². The molecule has 24 heavy (non-hydrogen) atoms. The number of nitrogens with zero attached hydrogens (tertiary/aromatic N) is 6. The second-order valence-corrected chi connectivity index (χ2v) is 4.72. The zero-order valence-electron chi connectivity index (χ0n) is 12.6. The van der Waals surface area contributed by atoms with Crippen molar-refractivity contribution in [1.82, 2.24) is 30.5 Å². The van der Waals surface area contributed by atoms with Crippen molar-refractivity contribution < 1.29 is 19.3 Å². The molecule has 2 aromatic heterocycles. The highest BCUT2D eigenvalue weighted by atomic mass is 16.6. The summed E-state index contributed by atoms with van der Waals surface area (Å²) in [6, 6.07) is 7.52. The van der Waals surface area contributed by atoms with Crippen LogP contribution < -0.4 is 10.1 Å². The molecule has 124 valence electrons. The molecule has 1 aromatic carbocycles. The summed E-state index contributed by atoms with van der Waals surface area (Å²) in [4.78, 5) is 10.9. The molecule has 0 saturated carbocycles. The predicted octanol–water partition coefficient (Wildman–Crippen LogP) is 0.423. The standard InChI is InChI=1S/C13H13N7O4/c1-23-9-4-2-8(3-5-9)6-10-15-18-19-20(10)7-14-12-11(13(21)22)16-24-17-12/h2-5H,6-7H2,1H3,(H,14,17)(H,21,22). The fraction of sp³-hybridized carbons (Fsp3) is 0.231. The van der Waals surface area contributed by atoms with E-state index < -0.39 is 5.97 Å². The molecule has 0 unspecified atom stereocenters. The zero-order chi connectivity index (χ0) is 16.9. The monoisotopic (exact) mass is 331 g/mol. The largest absolute Gasteiger partial charge is 0.497 e. The van der Waals surface area contributed by atoms with Crippen molar-refractivity contribution in [3.63, 3.8) is 0 Å². The number of rotatable bonds is 7. The molecule has 0 saturated heterocycles. The first-order valence-corrected chi connectivity index (χ1v) is 6.85. The van der Waals surface area contributed by atoms with Crippen LogP contribution in [0.3, 0.4) is 0 Å². The van der Waals surface area contributed by atoms with Gasteiger partial charge in [0.25, 0.3) is 0 Å². The first kappa shape index (κ1) is 15.4. The Morgan fingerprint density at radius 2 is 2.12 bits per heavy atom. The van der Waals surface area contributed by atoms with Gasteiger partial charge in [0.15, 0.2) is 5.82 Å². The molecular weight excluding hydrogens is 318 g/mol. The van der Waals surface area contributed by atoms with Crippen LogP contribution in [0.5, 0.6) is 5.75 Å². The van der Waals surface area contributed by atoms with Gasteiger partial charge < -0.3 is 15.2 Å². The molecule has 11 nitrogen and oxygen atoms in total. The lowest BCUT2D eigenvalue weighted by molar-refractivity contribution is 0.0685. The van der Waals surface area contributed by atoms with E-state index in [1.165, 1.54) is 4.68 Å². The second-order valence-electron chi connectivity index (χ2n) is 4.72. The second kappa shape index (κ2) is 6.73. The van der Waals surface area contributed by atoms with Crippen molar-refractivity contribution in [2.75, 3.05) is 12.4 Å². The number of benzene rings is 1. The maximum atomic E-state index is 10.9. The summed E-state index contributed by atoms with van der Waals surface area (Å²) in [7, 11) is 1.60. The Labute approximate surface area is 135 Å². The van der Waals surface area contributed by atoms with Crippen molar-refractivity contribution in [3.8, 4) is 5.75 Å². The number of tetrazole rings is 1. The van der Waals surface area contributed by atoms with Gasteiger partial charge >= 0.3 is 5.97 Å². The van der Waals surface area contributed by atoms with Gasteiger partial charge in [-0.25, -0.2) is 14.1 Å². The number of carbonyl (C=O) groups is 1. The van der Waals surface area contributed by atoms with Crippen LogP contribution in [-0.4, -0.2) is 48.7 Å². The molecule has 0 aliphatic rings. The quantitative estimate of drug-likeness (QED) is 0.625. The van der Waals surface area contributed by atoms with Crippen LogP contribution in [0.2, 0.25) is 0 Å². The van der Waals surface area contributed by atoms with Gasteiger partial charge in [-0.05, 0) is 38.4 Å². The van der Waals surface area contributed by atoms with Gasteiger partial charge in [-0.3, -0.25) is 0 Å². The summed E-state index contributed by atoms with van der Waals surface area (Å²) in [5.41, 5.74) is 0.695. The van der Waals surface area contributed by atoms with Crippen LogP contribution in [0.1, 0.15) is 21.9 Å². The number of methoxy groups -OCH3 is 1. The van der Waals surface area contributed by atoms with E-state index in [1.54, 1.807) is 7.11 Å². The normalized spacial score (nSPS) is 10.5. The predicted molar refractivity (Wildman–Crippen MR) is 78.5 cm³/mol. The van der Waals surface area contributed by atoms with E-state index in [9.17, 15) is 4.79 Å². The van der Waals surface area contributed by atoms with Gasteiger partial charge in [0.05, 0.1) is 7.11 Å². The molecule has 11 heteroatoms. The summed E-state index contributed by atoms with van der Waals surface area (Å²) >= 11 is 0. The number of hydrogen-bond donors (Lipinski definition) is 2. The van der Waals surface area contributed by atoms with E-state index in [-0.39, 0.29) is 18.2 Å². The molecule has 0 aliphatic heterocycles. The van der Waals surface area contributed by atoms with Crippen LogP contribution in [-0.2, 0) is 13.1 Å². The summed E-state index contributed by atoms with van der Waals surface area (Å²) in [5.74, 6) is 0.128. The van der Waals surface area contributed by atoms with Gasteiger partial charge in [0.2, 0.25) is 11.5 Å². The number of hydrogen-bond acceptors (Lipinski definition) is 9. The lowest BCUT2D eigenvalue weighted by atomic mass is 10.1. The van der Waals surface area contributed by atoms with E-state index in [0.717, 1.165) is 11.3 Å².